The van der Waals surface area contributed by atoms with Gasteiger partial charge in [0.05, 0.1) is 12.8 Å². The van der Waals surface area contributed by atoms with E-state index >= 15 is 0 Å². The van der Waals surface area contributed by atoms with Gasteiger partial charge in [0.1, 0.15) is 16.9 Å². The Kier molecular flexibility index (Phi) is 5.35. The molecule has 0 saturated heterocycles. The molecule has 3 heterocycles. The summed E-state index contributed by atoms with van der Waals surface area (Å²) in [5, 5.41) is 7.88. The van der Waals surface area contributed by atoms with Crippen molar-refractivity contribution in [1.29, 1.82) is 0 Å². The standard InChI is InChI=1S/C26H30N4O3/c1-17-11-12-21(18(2)14-17)30-24(31)22-15-20(23-10-7-13-33-23)28-29(22)16-26(30,3)25(32)27-19-8-5-4-6-9-19/h7,10-15,19H,4-6,8-9,16H2,1-3H3,(H,27,32)/t26-/m1/s1. The number of rotatable bonds is 4. The number of amides is 2. The van der Waals surface area contributed by atoms with Gasteiger partial charge in [-0.3, -0.25) is 19.2 Å². The van der Waals surface area contributed by atoms with Gasteiger partial charge in [-0.05, 0) is 57.4 Å². The number of anilines is 1. The third-order valence-corrected chi connectivity index (χ3v) is 6.95. The molecule has 1 aromatic carbocycles. The number of aromatic nitrogens is 2. The molecule has 0 unspecified atom stereocenters. The van der Waals surface area contributed by atoms with Crippen LogP contribution < -0.4 is 10.2 Å². The Bertz CT molecular complexity index is 1190. The molecule has 2 aromatic heterocycles. The molecule has 0 spiro atoms. The minimum absolute atomic E-state index is 0.136. The average Bonchev–Trinajstić information content (AvgIpc) is 3.46. The molecule has 1 aliphatic heterocycles. The lowest BCUT2D eigenvalue weighted by molar-refractivity contribution is -0.127. The molecule has 0 radical (unpaired) electrons. The van der Waals surface area contributed by atoms with Crippen LogP contribution in [-0.4, -0.2) is 33.2 Å². The second kappa shape index (κ2) is 8.21. The normalized spacial score (nSPS) is 21.2. The molecule has 2 aliphatic rings. The van der Waals surface area contributed by atoms with Crippen molar-refractivity contribution in [3.05, 3.63) is 59.5 Å². The SMILES string of the molecule is Cc1ccc(N2C(=O)c3cc(-c4ccco4)nn3C[C@]2(C)C(=O)NC2CCCCC2)c(C)c1. The van der Waals surface area contributed by atoms with E-state index in [4.69, 9.17) is 4.42 Å². The summed E-state index contributed by atoms with van der Waals surface area (Å²) in [5.74, 6) is 0.222. The maximum Gasteiger partial charge on any atom is 0.277 e. The van der Waals surface area contributed by atoms with Crippen LogP contribution in [0.5, 0.6) is 0 Å². The van der Waals surface area contributed by atoms with Gasteiger partial charge in [0.25, 0.3) is 5.91 Å². The summed E-state index contributed by atoms with van der Waals surface area (Å²) >= 11 is 0. The number of fused-ring (bicyclic) bond motifs is 1. The topological polar surface area (TPSA) is 80.4 Å². The maximum atomic E-state index is 13.9. The monoisotopic (exact) mass is 446 g/mol. The van der Waals surface area contributed by atoms with Crippen molar-refractivity contribution in [2.24, 2.45) is 0 Å². The molecule has 7 nitrogen and oxygen atoms in total. The predicted molar refractivity (Wildman–Crippen MR) is 126 cm³/mol. The summed E-state index contributed by atoms with van der Waals surface area (Å²) in [6.45, 7) is 6.12. The molecule has 1 fully saturated rings. The van der Waals surface area contributed by atoms with Crippen LogP contribution in [0.4, 0.5) is 5.69 Å². The van der Waals surface area contributed by atoms with Crippen molar-refractivity contribution in [3.8, 4) is 11.5 Å². The van der Waals surface area contributed by atoms with Crippen LogP contribution in [-0.2, 0) is 11.3 Å². The summed E-state index contributed by atoms with van der Waals surface area (Å²) in [4.78, 5) is 29.3. The molecular formula is C26H30N4O3. The van der Waals surface area contributed by atoms with Gasteiger partial charge >= 0.3 is 0 Å². The third kappa shape index (κ3) is 3.75. The Morgan fingerprint density at radius 2 is 1.94 bits per heavy atom. The molecule has 1 aliphatic carbocycles. The Morgan fingerprint density at radius 1 is 1.15 bits per heavy atom. The lowest BCUT2D eigenvalue weighted by atomic mass is 9.90. The number of nitrogens with one attached hydrogen (secondary N) is 1. The first-order chi connectivity index (χ1) is 15.9. The van der Waals surface area contributed by atoms with E-state index in [9.17, 15) is 9.59 Å². The van der Waals surface area contributed by atoms with Gasteiger partial charge in [-0.1, -0.05) is 37.0 Å². The van der Waals surface area contributed by atoms with E-state index in [-0.39, 0.29) is 24.4 Å². The Balaban J connectivity index is 1.58. The van der Waals surface area contributed by atoms with Gasteiger partial charge < -0.3 is 9.73 Å². The highest BCUT2D eigenvalue weighted by atomic mass is 16.3. The van der Waals surface area contributed by atoms with Crippen molar-refractivity contribution in [3.63, 3.8) is 0 Å². The first-order valence-electron chi connectivity index (χ1n) is 11.7. The lowest BCUT2D eigenvalue weighted by Crippen LogP contribution is -2.65. The van der Waals surface area contributed by atoms with Crippen molar-refractivity contribution < 1.29 is 14.0 Å². The molecule has 172 valence electrons. The summed E-state index contributed by atoms with van der Waals surface area (Å²) in [6, 6.07) is 11.5. The van der Waals surface area contributed by atoms with E-state index in [1.807, 2.05) is 45.0 Å². The molecule has 33 heavy (non-hydrogen) atoms. The van der Waals surface area contributed by atoms with Gasteiger partial charge in [0.2, 0.25) is 5.91 Å². The van der Waals surface area contributed by atoms with Gasteiger partial charge in [-0.2, -0.15) is 5.10 Å². The number of benzene rings is 1. The Morgan fingerprint density at radius 3 is 2.64 bits per heavy atom. The quantitative estimate of drug-likeness (QED) is 0.634. The van der Waals surface area contributed by atoms with Crippen LogP contribution >= 0.6 is 0 Å². The molecule has 3 aromatic rings. The highest BCUT2D eigenvalue weighted by molar-refractivity contribution is 6.12. The van der Waals surface area contributed by atoms with Crippen LogP contribution in [0.15, 0.2) is 47.1 Å². The third-order valence-electron chi connectivity index (χ3n) is 6.95. The molecule has 1 saturated carbocycles. The largest absolute Gasteiger partial charge is 0.463 e. The maximum absolute atomic E-state index is 13.9. The number of aryl methyl sites for hydroxylation is 2. The molecule has 2 amide bonds. The van der Waals surface area contributed by atoms with Crippen molar-refractivity contribution >= 4 is 17.5 Å². The Labute approximate surface area is 193 Å². The highest BCUT2D eigenvalue weighted by Gasteiger charge is 2.49. The second-order valence-electron chi connectivity index (χ2n) is 9.56. The first-order valence-corrected chi connectivity index (χ1v) is 11.7. The van der Waals surface area contributed by atoms with Crippen LogP contribution in [0.1, 0.15) is 60.6 Å². The van der Waals surface area contributed by atoms with E-state index in [2.05, 4.69) is 10.4 Å². The number of hydrogen-bond donors (Lipinski definition) is 1. The number of furan rings is 1. The zero-order valence-corrected chi connectivity index (χ0v) is 19.4. The fraction of sp³-hybridized carbons (Fsp3) is 0.423. The van der Waals surface area contributed by atoms with Crippen LogP contribution in [0.2, 0.25) is 0 Å². The molecular weight excluding hydrogens is 416 g/mol. The molecule has 0 bridgehead atoms. The number of carbonyl (C=O) groups excluding carboxylic acids is 2. The van der Waals surface area contributed by atoms with Gasteiger partial charge in [-0.25, -0.2) is 0 Å². The van der Waals surface area contributed by atoms with Crippen molar-refractivity contribution in [2.45, 2.75) is 71.0 Å². The first kappa shape index (κ1) is 21.5. The number of carbonyl (C=O) groups is 2. The van der Waals surface area contributed by atoms with Crippen LogP contribution in [0, 0.1) is 13.8 Å². The predicted octanol–water partition coefficient (Wildman–Crippen LogP) is 4.63. The minimum Gasteiger partial charge on any atom is -0.463 e. The van der Waals surface area contributed by atoms with Gasteiger partial charge in [0, 0.05) is 17.8 Å². The smallest absolute Gasteiger partial charge is 0.277 e. The highest BCUT2D eigenvalue weighted by Crippen LogP contribution is 2.36. The number of hydrogen-bond acceptors (Lipinski definition) is 4. The van der Waals surface area contributed by atoms with E-state index in [1.54, 1.807) is 28.0 Å². The van der Waals surface area contributed by atoms with E-state index in [0.29, 0.717) is 17.1 Å². The van der Waals surface area contributed by atoms with E-state index in [0.717, 1.165) is 42.5 Å². The fourth-order valence-electron chi connectivity index (χ4n) is 5.15. The Hall–Kier alpha value is -3.35. The summed E-state index contributed by atoms with van der Waals surface area (Å²) < 4.78 is 7.15. The molecule has 1 atom stereocenters. The second-order valence-corrected chi connectivity index (χ2v) is 9.56. The lowest BCUT2D eigenvalue weighted by Gasteiger charge is -2.44. The van der Waals surface area contributed by atoms with E-state index in [1.165, 1.54) is 6.42 Å². The zero-order chi connectivity index (χ0) is 23.2. The summed E-state index contributed by atoms with van der Waals surface area (Å²) in [7, 11) is 0. The average molecular weight is 447 g/mol. The van der Waals surface area contributed by atoms with Crippen LogP contribution in [0.25, 0.3) is 11.5 Å². The van der Waals surface area contributed by atoms with Gasteiger partial charge in [0.15, 0.2) is 5.76 Å². The molecule has 7 heteroatoms. The molecule has 5 rings (SSSR count). The van der Waals surface area contributed by atoms with Crippen molar-refractivity contribution in [2.75, 3.05) is 4.90 Å². The zero-order valence-electron chi connectivity index (χ0n) is 19.4. The molecule has 1 N–H and O–H groups in total. The summed E-state index contributed by atoms with van der Waals surface area (Å²) in [5.41, 5.74) is 2.73. The van der Waals surface area contributed by atoms with E-state index < -0.39 is 5.54 Å². The number of nitrogens with zero attached hydrogens (tertiary/aromatic N) is 3. The fourth-order valence-corrected chi connectivity index (χ4v) is 5.15. The van der Waals surface area contributed by atoms with Crippen LogP contribution in [0.3, 0.4) is 0 Å². The van der Waals surface area contributed by atoms with Crippen molar-refractivity contribution in [1.82, 2.24) is 15.1 Å². The van der Waals surface area contributed by atoms with Gasteiger partial charge in [-0.15, -0.1) is 0 Å². The minimum atomic E-state index is -1.12. The summed E-state index contributed by atoms with van der Waals surface area (Å²) in [6.07, 6.45) is 7.00.